The number of nitrogens with one attached hydrogen (secondary N) is 2. The van der Waals surface area contributed by atoms with Crippen molar-refractivity contribution in [2.45, 2.75) is 44.9 Å². The van der Waals surface area contributed by atoms with Crippen molar-refractivity contribution in [2.75, 3.05) is 19.0 Å². The van der Waals surface area contributed by atoms with E-state index < -0.39 is 5.92 Å². The maximum absolute atomic E-state index is 12.8. The van der Waals surface area contributed by atoms with Crippen molar-refractivity contribution in [1.29, 1.82) is 0 Å². The predicted octanol–water partition coefficient (Wildman–Crippen LogP) is 2.07. The smallest absolute Gasteiger partial charge is 0.228 e. The van der Waals surface area contributed by atoms with Crippen molar-refractivity contribution in [3.05, 3.63) is 46.5 Å². The van der Waals surface area contributed by atoms with Gasteiger partial charge in [-0.3, -0.25) is 9.59 Å². The lowest BCUT2D eigenvalue weighted by Crippen LogP contribution is -2.36. The first kappa shape index (κ1) is 18.4. The molecule has 0 fully saturated rings. The standard InChI is InChI=1S/C21H24N4O3/c1-12-14-4-3-5-17(14)24-19(23-12)8-9-22-21(27)16-11-20(26)25-18-7-6-13(28-2)10-15(16)18/h6-7,10,16H,3-5,8-9,11H2,1-2H3,(H,22,27)(H,25,26)/t16-/m0/s1. The first-order chi connectivity index (χ1) is 13.5. The third-order valence-corrected chi connectivity index (χ3v) is 5.45. The molecule has 1 aliphatic heterocycles. The largest absolute Gasteiger partial charge is 0.497 e. The number of methoxy groups -OCH3 is 1. The van der Waals surface area contributed by atoms with Crippen LogP contribution in [0, 0.1) is 6.92 Å². The first-order valence-electron chi connectivity index (χ1n) is 9.66. The SMILES string of the molecule is COc1ccc2c(c1)[C@@H](C(=O)NCCc1nc(C)c3c(n1)CCC3)CC(=O)N2. The normalized spacial score (nSPS) is 17.5. The van der Waals surface area contributed by atoms with Crippen LogP contribution in [0.25, 0.3) is 0 Å². The molecule has 2 aliphatic rings. The van der Waals surface area contributed by atoms with E-state index in [1.807, 2.05) is 13.0 Å². The Hall–Kier alpha value is -2.96. The summed E-state index contributed by atoms with van der Waals surface area (Å²) in [5, 5.41) is 5.76. The molecule has 1 aromatic heterocycles. The number of aromatic nitrogens is 2. The van der Waals surface area contributed by atoms with Crippen molar-refractivity contribution in [3.63, 3.8) is 0 Å². The fourth-order valence-electron chi connectivity index (χ4n) is 4.02. The molecule has 0 spiro atoms. The number of anilines is 1. The number of ether oxygens (including phenoxy) is 1. The van der Waals surface area contributed by atoms with Crippen LogP contribution in [0.3, 0.4) is 0 Å². The fourth-order valence-corrected chi connectivity index (χ4v) is 4.02. The number of hydrogen-bond acceptors (Lipinski definition) is 5. The molecule has 1 aliphatic carbocycles. The highest BCUT2D eigenvalue weighted by Crippen LogP contribution is 2.35. The number of aryl methyl sites for hydroxylation is 2. The number of nitrogens with zero attached hydrogens (tertiary/aromatic N) is 2. The third-order valence-electron chi connectivity index (χ3n) is 5.45. The van der Waals surface area contributed by atoms with Gasteiger partial charge in [-0.25, -0.2) is 9.97 Å². The molecule has 146 valence electrons. The zero-order chi connectivity index (χ0) is 19.7. The average molecular weight is 380 g/mol. The van der Waals surface area contributed by atoms with E-state index in [-0.39, 0.29) is 18.2 Å². The second kappa shape index (κ2) is 7.58. The summed E-state index contributed by atoms with van der Waals surface area (Å²) >= 11 is 0. The molecule has 0 saturated heterocycles. The van der Waals surface area contributed by atoms with Gasteiger partial charge in [0.2, 0.25) is 11.8 Å². The Morgan fingerprint density at radius 1 is 1.32 bits per heavy atom. The van der Waals surface area contributed by atoms with E-state index in [0.29, 0.717) is 24.4 Å². The molecule has 2 amide bonds. The fraction of sp³-hybridized carbons (Fsp3) is 0.429. The van der Waals surface area contributed by atoms with E-state index in [1.165, 1.54) is 5.56 Å². The van der Waals surface area contributed by atoms with Crippen LogP contribution in [0.5, 0.6) is 5.75 Å². The number of carbonyl (C=O) groups excluding carboxylic acids is 2. The maximum atomic E-state index is 12.8. The Balaban J connectivity index is 1.43. The highest BCUT2D eigenvalue weighted by Gasteiger charge is 2.31. The van der Waals surface area contributed by atoms with Gasteiger partial charge in [-0.2, -0.15) is 0 Å². The van der Waals surface area contributed by atoms with Crippen molar-refractivity contribution in [2.24, 2.45) is 0 Å². The summed E-state index contributed by atoms with van der Waals surface area (Å²) in [6.45, 7) is 2.47. The molecular weight excluding hydrogens is 356 g/mol. The molecule has 2 aromatic rings. The third kappa shape index (κ3) is 3.56. The first-order valence-corrected chi connectivity index (χ1v) is 9.66. The Kier molecular flexibility index (Phi) is 4.98. The lowest BCUT2D eigenvalue weighted by atomic mass is 9.89. The van der Waals surface area contributed by atoms with Gasteiger partial charge in [0.25, 0.3) is 0 Å². The zero-order valence-electron chi connectivity index (χ0n) is 16.2. The maximum Gasteiger partial charge on any atom is 0.228 e. The number of rotatable bonds is 5. The van der Waals surface area contributed by atoms with Gasteiger partial charge in [0, 0.05) is 36.5 Å². The van der Waals surface area contributed by atoms with Crippen molar-refractivity contribution in [3.8, 4) is 5.75 Å². The number of hydrogen-bond donors (Lipinski definition) is 2. The summed E-state index contributed by atoms with van der Waals surface area (Å²) in [5.74, 6) is 0.579. The van der Waals surface area contributed by atoms with E-state index in [2.05, 4.69) is 20.6 Å². The summed E-state index contributed by atoms with van der Waals surface area (Å²) in [4.78, 5) is 34.0. The van der Waals surface area contributed by atoms with Crippen LogP contribution >= 0.6 is 0 Å². The van der Waals surface area contributed by atoms with Gasteiger partial charge in [0.1, 0.15) is 11.6 Å². The van der Waals surface area contributed by atoms with Crippen molar-refractivity contribution >= 4 is 17.5 Å². The van der Waals surface area contributed by atoms with Crippen LogP contribution in [0.2, 0.25) is 0 Å². The number of amides is 2. The van der Waals surface area contributed by atoms with Gasteiger partial charge in [0.15, 0.2) is 0 Å². The van der Waals surface area contributed by atoms with E-state index in [0.717, 1.165) is 42.0 Å². The van der Waals surface area contributed by atoms with Gasteiger partial charge in [-0.05, 0) is 55.5 Å². The van der Waals surface area contributed by atoms with E-state index in [1.54, 1.807) is 19.2 Å². The summed E-state index contributed by atoms with van der Waals surface area (Å²) in [6.07, 6.45) is 3.90. The Morgan fingerprint density at radius 2 is 2.18 bits per heavy atom. The van der Waals surface area contributed by atoms with Crippen LogP contribution in [-0.4, -0.2) is 35.4 Å². The molecule has 7 nitrogen and oxygen atoms in total. The molecule has 28 heavy (non-hydrogen) atoms. The molecule has 1 atom stereocenters. The van der Waals surface area contributed by atoms with Gasteiger partial charge < -0.3 is 15.4 Å². The average Bonchev–Trinajstić information content (AvgIpc) is 3.16. The minimum absolute atomic E-state index is 0.125. The second-order valence-electron chi connectivity index (χ2n) is 7.30. The number of benzene rings is 1. The summed E-state index contributed by atoms with van der Waals surface area (Å²) in [6, 6.07) is 5.35. The van der Waals surface area contributed by atoms with Gasteiger partial charge >= 0.3 is 0 Å². The van der Waals surface area contributed by atoms with E-state index in [4.69, 9.17) is 4.74 Å². The molecule has 1 aromatic carbocycles. The summed E-state index contributed by atoms with van der Waals surface area (Å²) in [7, 11) is 1.58. The molecular formula is C21H24N4O3. The van der Waals surface area contributed by atoms with Crippen LogP contribution in [-0.2, 0) is 28.9 Å². The molecule has 2 N–H and O–H groups in total. The summed E-state index contributed by atoms with van der Waals surface area (Å²) in [5.41, 5.74) is 4.93. The number of carbonyl (C=O) groups is 2. The summed E-state index contributed by atoms with van der Waals surface area (Å²) < 4.78 is 5.26. The molecule has 7 heteroatoms. The molecule has 4 rings (SSSR count). The van der Waals surface area contributed by atoms with Crippen LogP contribution in [0.4, 0.5) is 5.69 Å². The van der Waals surface area contributed by atoms with Crippen molar-refractivity contribution < 1.29 is 14.3 Å². The number of fused-ring (bicyclic) bond motifs is 2. The van der Waals surface area contributed by atoms with Crippen LogP contribution in [0.1, 0.15) is 47.1 Å². The van der Waals surface area contributed by atoms with Gasteiger partial charge in [-0.1, -0.05) is 0 Å². The van der Waals surface area contributed by atoms with Gasteiger partial charge in [0.05, 0.1) is 13.0 Å². The molecule has 0 bridgehead atoms. The monoisotopic (exact) mass is 380 g/mol. The van der Waals surface area contributed by atoms with Crippen LogP contribution in [0.15, 0.2) is 18.2 Å². The van der Waals surface area contributed by atoms with Gasteiger partial charge in [-0.15, -0.1) is 0 Å². The molecule has 0 unspecified atom stereocenters. The topological polar surface area (TPSA) is 93.2 Å². The predicted molar refractivity (Wildman–Crippen MR) is 104 cm³/mol. The Bertz CT molecular complexity index is 941. The highest BCUT2D eigenvalue weighted by molar-refractivity contribution is 6.01. The molecule has 0 saturated carbocycles. The molecule has 0 radical (unpaired) electrons. The van der Waals surface area contributed by atoms with E-state index >= 15 is 0 Å². The Labute approximate surface area is 163 Å². The lowest BCUT2D eigenvalue weighted by molar-refractivity contribution is -0.126. The zero-order valence-corrected chi connectivity index (χ0v) is 16.2. The lowest BCUT2D eigenvalue weighted by Gasteiger charge is -2.25. The van der Waals surface area contributed by atoms with E-state index in [9.17, 15) is 9.59 Å². The second-order valence-corrected chi connectivity index (χ2v) is 7.30. The minimum Gasteiger partial charge on any atom is -0.497 e. The quantitative estimate of drug-likeness (QED) is 0.828. The Morgan fingerprint density at radius 3 is 3.00 bits per heavy atom. The highest BCUT2D eigenvalue weighted by atomic mass is 16.5. The van der Waals surface area contributed by atoms with Crippen molar-refractivity contribution in [1.82, 2.24) is 15.3 Å². The van der Waals surface area contributed by atoms with Crippen LogP contribution < -0.4 is 15.4 Å². The molecule has 2 heterocycles. The minimum atomic E-state index is -0.526.